The first-order valence-corrected chi connectivity index (χ1v) is 5.96. The van der Waals surface area contributed by atoms with Crippen molar-refractivity contribution < 1.29 is 4.39 Å². The number of hydrogen-bond acceptors (Lipinski definition) is 1. The number of nitrogens with zero attached hydrogens (tertiary/aromatic N) is 1. The van der Waals surface area contributed by atoms with E-state index in [4.69, 9.17) is 0 Å². The van der Waals surface area contributed by atoms with Gasteiger partial charge in [0.1, 0.15) is 5.82 Å². The van der Waals surface area contributed by atoms with E-state index < -0.39 is 0 Å². The first kappa shape index (κ1) is 12.6. The molecule has 0 bridgehead atoms. The van der Waals surface area contributed by atoms with Crippen LogP contribution in [0.1, 0.15) is 25.5 Å². The predicted molar refractivity (Wildman–Crippen MR) is 71.2 cm³/mol. The second-order valence-corrected chi connectivity index (χ2v) is 4.73. The summed E-state index contributed by atoms with van der Waals surface area (Å²) >= 11 is 0. The van der Waals surface area contributed by atoms with Gasteiger partial charge in [-0.15, -0.1) is 0 Å². The van der Waals surface area contributed by atoms with Crippen molar-refractivity contribution in [1.29, 1.82) is 0 Å². The lowest BCUT2D eigenvalue weighted by atomic mass is 10.0. The molecular formula is C15H16FNO. The van der Waals surface area contributed by atoms with Gasteiger partial charge in [-0.25, -0.2) is 4.39 Å². The molecule has 0 fully saturated rings. The van der Waals surface area contributed by atoms with Gasteiger partial charge in [0.15, 0.2) is 0 Å². The van der Waals surface area contributed by atoms with Crippen LogP contribution in [0.2, 0.25) is 0 Å². The Morgan fingerprint density at radius 1 is 1.06 bits per heavy atom. The van der Waals surface area contributed by atoms with E-state index in [-0.39, 0.29) is 17.3 Å². The molecule has 18 heavy (non-hydrogen) atoms. The maximum atomic E-state index is 12.9. The van der Waals surface area contributed by atoms with Gasteiger partial charge in [0.25, 0.3) is 5.56 Å². The molecule has 3 heteroatoms. The molecular weight excluding hydrogens is 229 g/mol. The largest absolute Gasteiger partial charge is 0.315 e. The van der Waals surface area contributed by atoms with Gasteiger partial charge >= 0.3 is 0 Å². The number of aromatic nitrogens is 1. The van der Waals surface area contributed by atoms with Crippen molar-refractivity contribution in [3.8, 4) is 11.1 Å². The Bertz CT molecular complexity index is 611. The third-order valence-electron chi connectivity index (χ3n) is 3.07. The molecule has 0 spiro atoms. The van der Waals surface area contributed by atoms with Gasteiger partial charge in [0, 0.05) is 18.8 Å². The standard InChI is InChI=1S/C15H16FNO/c1-10(2)14-8-12(9-15(18)17(14)3)11-4-6-13(16)7-5-11/h4-10H,1-3H3. The zero-order chi connectivity index (χ0) is 13.3. The van der Waals surface area contributed by atoms with Crippen molar-refractivity contribution in [2.75, 3.05) is 0 Å². The minimum atomic E-state index is -0.272. The first-order valence-electron chi connectivity index (χ1n) is 5.96. The second kappa shape index (κ2) is 4.77. The third kappa shape index (κ3) is 2.35. The summed E-state index contributed by atoms with van der Waals surface area (Å²) in [7, 11) is 1.77. The predicted octanol–water partition coefficient (Wildman–Crippen LogP) is 3.31. The van der Waals surface area contributed by atoms with E-state index in [1.165, 1.54) is 12.1 Å². The summed E-state index contributed by atoms with van der Waals surface area (Å²) in [6.07, 6.45) is 0. The van der Waals surface area contributed by atoms with E-state index in [2.05, 4.69) is 0 Å². The van der Waals surface area contributed by atoms with Gasteiger partial charge in [0.2, 0.25) is 0 Å². The van der Waals surface area contributed by atoms with Crippen LogP contribution in [0.25, 0.3) is 11.1 Å². The third-order valence-corrected chi connectivity index (χ3v) is 3.07. The molecule has 94 valence electrons. The lowest BCUT2D eigenvalue weighted by Gasteiger charge is -2.13. The quantitative estimate of drug-likeness (QED) is 0.795. The Labute approximate surface area is 106 Å². The molecule has 1 heterocycles. The van der Waals surface area contributed by atoms with E-state index in [1.54, 1.807) is 29.8 Å². The summed E-state index contributed by atoms with van der Waals surface area (Å²) in [6, 6.07) is 9.75. The highest BCUT2D eigenvalue weighted by atomic mass is 19.1. The Balaban J connectivity index is 2.59. The van der Waals surface area contributed by atoms with Crippen molar-refractivity contribution in [2.45, 2.75) is 19.8 Å². The molecule has 0 saturated carbocycles. The summed E-state index contributed by atoms with van der Waals surface area (Å²) in [6.45, 7) is 4.09. The Morgan fingerprint density at radius 2 is 1.67 bits per heavy atom. The molecule has 2 aromatic rings. The van der Waals surface area contributed by atoms with Gasteiger partial charge in [-0.1, -0.05) is 26.0 Å². The zero-order valence-electron chi connectivity index (χ0n) is 10.8. The van der Waals surface area contributed by atoms with Gasteiger partial charge in [-0.3, -0.25) is 4.79 Å². The van der Waals surface area contributed by atoms with E-state index >= 15 is 0 Å². The average Bonchev–Trinajstić information content (AvgIpc) is 2.33. The fourth-order valence-corrected chi connectivity index (χ4v) is 2.02. The fraction of sp³-hybridized carbons (Fsp3) is 0.267. The van der Waals surface area contributed by atoms with Crippen LogP contribution in [-0.2, 0) is 7.05 Å². The molecule has 0 unspecified atom stereocenters. The van der Waals surface area contributed by atoms with Crippen molar-refractivity contribution in [2.24, 2.45) is 7.05 Å². The van der Waals surface area contributed by atoms with Crippen LogP contribution in [0.4, 0.5) is 4.39 Å². The van der Waals surface area contributed by atoms with Gasteiger partial charge in [-0.2, -0.15) is 0 Å². The Hall–Kier alpha value is -1.90. The molecule has 2 rings (SSSR count). The van der Waals surface area contributed by atoms with Crippen LogP contribution in [-0.4, -0.2) is 4.57 Å². The molecule has 0 N–H and O–H groups in total. The monoisotopic (exact) mass is 245 g/mol. The molecule has 0 aliphatic rings. The van der Waals surface area contributed by atoms with Crippen molar-refractivity contribution >= 4 is 0 Å². The summed E-state index contributed by atoms with van der Waals surface area (Å²) in [5.74, 6) is -0.00485. The van der Waals surface area contributed by atoms with Crippen molar-refractivity contribution in [3.63, 3.8) is 0 Å². The molecule has 0 radical (unpaired) electrons. The minimum absolute atomic E-state index is 0.0412. The van der Waals surface area contributed by atoms with Crippen LogP contribution in [0.3, 0.4) is 0 Å². The first-order chi connectivity index (χ1) is 8.49. The summed E-state index contributed by atoms with van der Waals surface area (Å²) in [5.41, 5.74) is 2.63. The fourth-order valence-electron chi connectivity index (χ4n) is 2.02. The van der Waals surface area contributed by atoms with Crippen LogP contribution in [0, 0.1) is 5.82 Å². The van der Waals surface area contributed by atoms with Crippen LogP contribution >= 0.6 is 0 Å². The SMILES string of the molecule is CC(C)c1cc(-c2ccc(F)cc2)cc(=O)n1C. The van der Waals surface area contributed by atoms with Gasteiger partial charge in [-0.05, 0) is 35.2 Å². The Morgan fingerprint density at radius 3 is 2.22 bits per heavy atom. The summed E-state index contributed by atoms with van der Waals surface area (Å²) in [4.78, 5) is 11.9. The van der Waals surface area contributed by atoms with Crippen LogP contribution in [0.5, 0.6) is 0 Å². The van der Waals surface area contributed by atoms with Gasteiger partial charge in [0.05, 0.1) is 0 Å². The summed E-state index contributed by atoms with van der Waals surface area (Å²) in [5, 5.41) is 0. The lowest BCUT2D eigenvalue weighted by Crippen LogP contribution is -2.20. The van der Waals surface area contributed by atoms with Crippen molar-refractivity contribution in [1.82, 2.24) is 4.57 Å². The zero-order valence-corrected chi connectivity index (χ0v) is 10.8. The maximum absolute atomic E-state index is 12.9. The van der Waals surface area contributed by atoms with Gasteiger partial charge < -0.3 is 4.57 Å². The lowest BCUT2D eigenvalue weighted by molar-refractivity contribution is 0.628. The second-order valence-electron chi connectivity index (χ2n) is 4.73. The molecule has 1 aromatic heterocycles. The molecule has 0 aliphatic carbocycles. The normalized spacial score (nSPS) is 10.9. The molecule has 0 aliphatic heterocycles. The number of pyridine rings is 1. The summed E-state index contributed by atoms with van der Waals surface area (Å²) < 4.78 is 14.5. The van der Waals surface area contributed by atoms with Crippen LogP contribution < -0.4 is 5.56 Å². The highest BCUT2D eigenvalue weighted by Gasteiger charge is 2.08. The molecule has 1 aromatic carbocycles. The minimum Gasteiger partial charge on any atom is -0.315 e. The molecule has 0 amide bonds. The number of hydrogen-bond donors (Lipinski definition) is 0. The highest BCUT2D eigenvalue weighted by molar-refractivity contribution is 5.63. The maximum Gasteiger partial charge on any atom is 0.251 e. The van der Waals surface area contributed by atoms with Crippen molar-refractivity contribution in [3.05, 3.63) is 58.3 Å². The molecule has 0 atom stereocenters. The topological polar surface area (TPSA) is 22.0 Å². The van der Waals surface area contributed by atoms with E-state index in [1.807, 2.05) is 19.9 Å². The smallest absolute Gasteiger partial charge is 0.251 e. The Kier molecular flexibility index (Phi) is 3.32. The molecule has 2 nitrogen and oxygen atoms in total. The van der Waals surface area contributed by atoms with E-state index in [9.17, 15) is 9.18 Å². The average molecular weight is 245 g/mol. The number of rotatable bonds is 2. The van der Waals surface area contributed by atoms with E-state index in [0.717, 1.165) is 16.8 Å². The van der Waals surface area contributed by atoms with E-state index in [0.29, 0.717) is 0 Å². The number of benzene rings is 1. The molecule has 0 saturated heterocycles. The highest BCUT2D eigenvalue weighted by Crippen LogP contribution is 2.22. The van der Waals surface area contributed by atoms with Crippen LogP contribution in [0.15, 0.2) is 41.2 Å². The number of halogens is 1.